The van der Waals surface area contributed by atoms with Crippen LogP contribution < -0.4 is 4.90 Å². The van der Waals surface area contributed by atoms with E-state index in [-0.39, 0.29) is 11.9 Å². The van der Waals surface area contributed by atoms with Crippen molar-refractivity contribution in [2.24, 2.45) is 0 Å². The number of carbonyl (C=O) groups excluding carboxylic acids is 1. The van der Waals surface area contributed by atoms with Gasteiger partial charge in [-0.1, -0.05) is 30.3 Å². The maximum Gasteiger partial charge on any atom is 0.274 e. The van der Waals surface area contributed by atoms with Gasteiger partial charge in [-0.15, -0.1) is 0 Å². The lowest BCUT2D eigenvalue weighted by molar-refractivity contribution is 0.0766. The summed E-state index contributed by atoms with van der Waals surface area (Å²) < 4.78 is 0. The molecule has 0 N–H and O–H groups in total. The minimum absolute atomic E-state index is 0.0711. The van der Waals surface area contributed by atoms with Crippen LogP contribution in [0.2, 0.25) is 0 Å². The Balaban J connectivity index is 2.18. The first-order valence-electron chi connectivity index (χ1n) is 8.48. The van der Waals surface area contributed by atoms with E-state index in [1.807, 2.05) is 32.0 Å². The molecule has 0 aliphatic carbocycles. The van der Waals surface area contributed by atoms with Crippen LogP contribution in [0.5, 0.6) is 0 Å². The molecule has 1 amide bonds. The summed E-state index contributed by atoms with van der Waals surface area (Å²) in [6.45, 7) is 10.3. The highest BCUT2D eigenvalue weighted by Crippen LogP contribution is 2.17. The molecule has 0 aliphatic rings. The number of amides is 1. The van der Waals surface area contributed by atoms with Crippen molar-refractivity contribution in [3.05, 3.63) is 54.0 Å². The molecule has 5 heteroatoms. The van der Waals surface area contributed by atoms with Gasteiger partial charge in [-0.05, 0) is 33.3 Å². The zero-order chi connectivity index (χ0) is 17.5. The molecule has 128 valence electrons. The molecule has 5 nitrogen and oxygen atoms in total. The second-order valence-electron chi connectivity index (χ2n) is 5.94. The molecule has 1 aromatic carbocycles. The monoisotopic (exact) mass is 326 g/mol. The molecule has 0 fully saturated rings. The van der Waals surface area contributed by atoms with Crippen molar-refractivity contribution in [2.45, 2.75) is 40.3 Å². The first-order valence-corrected chi connectivity index (χ1v) is 8.48. The van der Waals surface area contributed by atoms with E-state index in [4.69, 9.17) is 0 Å². The number of nitrogens with zero attached hydrogens (tertiary/aromatic N) is 4. The average molecular weight is 326 g/mol. The SMILES string of the molecule is CCN(CC)C(=O)c1cnc(N(Cc2ccccc2)C(C)C)cn1. The molecule has 2 aromatic rings. The molecule has 0 aliphatic heterocycles. The first kappa shape index (κ1) is 17.9. The van der Waals surface area contributed by atoms with Gasteiger partial charge in [0.15, 0.2) is 0 Å². The molecule has 0 spiro atoms. The van der Waals surface area contributed by atoms with Crippen molar-refractivity contribution >= 4 is 11.7 Å². The van der Waals surface area contributed by atoms with Crippen molar-refractivity contribution < 1.29 is 4.79 Å². The first-order chi connectivity index (χ1) is 11.6. The third kappa shape index (κ3) is 4.31. The predicted molar refractivity (Wildman–Crippen MR) is 97.0 cm³/mol. The largest absolute Gasteiger partial charge is 0.349 e. The molecule has 1 aromatic heterocycles. The van der Waals surface area contributed by atoms with E-state index in [0.717, 1.165) is 12.4 Å². The lowest BCUT2D eigenvalue weighted by Crippen LogP contribution is -2.33. The van der Waals surface area contributed by atoms with E-state index in [2.05, 4.69) is 40.8 Å². The number of hydrogen-bond donors (Lipinski definition) is 0. The van der Waals surface area contributed by atoms with Gasteiger partial charge in [0, 0.05) is 25.7 Å². The quantitative estimate of drug-likeness (QED) is 0.783. The van der Waals surface area contributed by atoms with Gasteiger partial charge in [0.1, 0.15) is 11.5 Å². The van der Waals surface area contributed by atoms with Crippen LogP contribution in [0.15, 0.2) is 42.7 Å². The van der Waals surface area contributed by atoms with E-state index in [1.165, 1.54) is 5.56 Å². The maximum absolute atomic E-state index is 12.3. The van der Waals surface area contributed by atoms with Crippen LogP contribution in [0.25, 0.3) is 0 Å². The fourth-order valence-electron chi connectivity index (χ4n) is 2.56. The summed E-state index contributed by atoms with van der Waals surface area (Å²) in [6.07, 6.45) is 3.27. The summed E-state index contributed by atoms with van der Waals surface area (Å²) in [5.74, 6) is 0.711. The van der Waals surface area contributed by atoms with Crippen LogP contribution in [0.4, 0.5) is 5.82 Å². The molecule has 0 atom stereocenters. The predicted octanol–water partition coefficient (Wildman–Crippen LogP) is 3.37. The zero-order valence-electron chi connectivity index (χ0n) is 14.9. The summed E-state index contributed by atoms with van der Waals surface area (Å²) in [6, 6.07) is 10.6. The number of anilines is 1. The van der Waals surface area contributed by atoms with Crippen molar-refractivity contribution in [1.82, 2.24) is 14.9 Å². The van der Waals surface area contributed by atoms with Gasteiger partial charge in [-0.2, -0.15) is 0 Å². The Morgan fingerprint density at radius 1 is 1.04 bits per heavy atom. The molecular formula is C19H26N4O. The number of benzene rings is 1. The van der Waals surface area contributed by atoms with Gasteiger partial charge in [0.2, 0.25) is 0 Å². The van der Waals surface area contributed by atoms with Gasteiger partial charge in [-0.25, -0.2) is 9.97 Å². The minimum atomic E-state index is -0.0711. The van der Waals surface area contributed by atoms with E-state index in [9.17, 15) is 4.79 Å². The van der Waals surface area contributed by atoms with E-state index < -0.39 is 0 Å². The Labute approximate surface area is 144 Å². The standard InChI is InChI=1S/C19H26N4O/c1-5-22(6-2)19(24)17-12-21-18(13-20-17)23(15(3)4)14-16-10-8-7-9-11-16/h7-13,15H,5-6,14H2,1-4H3. The van der Waals surface area contributed by atoms with Crippen molar-refractivity contribution in [3.8, 4) is 0 Å². The van der Waals surface area contributed by atoms with E-state index >= 15 is 0 Å². The van der Waals surface area contributed by atoms with Gasteiger partial charge in [0.05, 0.1) is 12.4 Å². The normalized spacial score (nSPS) is 10.7. The van der Waals surface area contributed by atoms with Crippen LogP contribution in [0, 0.1) is 0 Å². The fraction of sp³-hybridized carbons (Fsp3) is 0.421. The third-order valence-corrected chi connectivity index (χ3v) is 4.02. The highest BCUT2D eigenvalue weighted by molar-refractivity contribution is 5.92. The highest BCUT2D eigenvalue weighted by atomic mass is 16.2. The minimum Gasteiger partial charge on any atom is -0.349 e. The molecule has 2 rings (SSSR count). The molecule has 0 saturated heterocycles. The van der Waals surface area contributed by atoms with Crippen molar-refractivity contribution in [3.63, 3.8) is 0 Å². The smallest absolute Gasteiger partial charge is 0.274 e. The molecular weight excluding hydrogens is 300 g/mol. The number of aromatic nitrogens is 2. The van der Waals surface area contributed by atoms with Gasteiger partial charge in [-0.3, -0.25) is 4.79 Å². The van der Waals surface area contributed by atoms with E-state index in [0.29, 0.717) is 18.8 Å². The zero-order valence-corrected chi connectivity index (χ0v) is 14.9. The number of carbonyl (C=O) groups is 1. The Bertz CT molecular complexity index is 636. The third-order valence-electron chi connectivity index (χ3n) is 4.02. The summed E-state index contributed by atoms with van der Waals surface area (Å²) in [5.41, 5.74) is 1.61. The van der Waals surface area contributed by atoms with Crippen LogP contribution in [0.3, 0.4) is 0 Å². The second-order valence-corrected chi connectivity index (χ2v) is 5.94. The highest BCUT2D eigenvalue weighted by Gasteiger charge is 2.17. The van der Waals surface area contributed by atoms with Gasteiger partial charge < -0.3 is 9.80 Å². The summed E-state index contributed by atoms with van der Waals surface area (Å²) >= 11 is 0. The maximum atomic E-state index is 12.3. The number of rotatable bonds is 7. The summed E-state index contributed by atoms with van der Waals surface area (Å²) in [4.78, 5) is 25.1. The van der Waals surface area contributed by atoms with Gasteiger partial charge >= 0.3 is 0 Å². The Hall–Kier alpha value is -2.43. The lowest BCUT2D eigenvalue weighted by atomic mass is 10.2. The summed E-state index contributed by atoms with van der Waals surface area (Å²) in [7, 11) is 0. The van der Waals surface area contributed by atoms with Crippen LogP contribution in [0.1, 0.15) is 43.7 Å². The fourth-order valence-corrected chi connectivity index (χ4v) is 2.56. The molecule has 0 saturated carbocycles. The van der Waals surface area contributed by atoms with Crippen LogP contribution >= 0.6 is 0 Å². The molecule has 1 heterocycles. The second kappa shape index (κ2) is 8.43. The molecule has 0 unspecified atom stereocenters. The molecule has 0 bridgehead atoms. The topological polar surface area (TPSA) is 49.3 Å². The summed E-state index contributed by atoms with van der Waals surface area (Å²) in [5, 5.41) is 0. The van der Waals surface area contributed by atoms with Crippen LogP contribution in [-0.2, 0) is 6.54 Å². The lowest BCUT2D eigenvalue weighted by Gasteiger charge is -2.28. The number of hydrogen-bond acceptors (Lipinski definition) is 4. The Morgan fingerprint density at radius 3 is 2.21 bits per heavy atom. The molecule has 24 heavy (non-hydrogen) atoms. The molecule has 0 radical (unpaired) electrons. The van der Waals surface area contributed by atoms with Crippen molar-refractivity contribution in [2.75, 3.05) is 18.0 Å². The Kier molecular flexibility index (Phi) is 6.29. The average Bonchev–Trinajstić information content (AvgIpc) is 2.61. The Morgan fingerprint density at radius 2 is 1.71 bits per heavy atom. The van der Waals surface area contributed by atoms with Crippen molar-refractivity contribution in [1.29, 1.82) is 0 Å². The van der Waals surface area contributed by atoms with Crippen LogP contribution in [-0.4, -0.2) is 39.9 Å². The van der Waals surface area contributed by atoms with Gasteiger partial charge in [0.25, 0.3) is 5.91 Å². The van der Waals surface area contributed by atoms with E-state index in [1.54, 1.807) is 17.3 Å².